The van der Waals surface area contributed by atoms with E-state index in [9.17, 15) is 19.2 Å². The van der Waals surface area contributed by atoms with Crippen LogP contribution in [0.1, 0.15) is 13.3 Å². The molecular weight excluding hydrogens is 358 g/mol. The first-order chi connectivity index (χ1) is 12.3. The van der Waals surface area contributed by atoms with Crippen molar-refractivity contribution in [3.8, 4) is 0 Å². The first-order valence-electron chi connectivity index (χ1n) is 8.03. The zero-order valence-electron chi connectivity index (χ0n) is 14.8. The molecule has 1 heterocycles. The Morgan fingerprint density at radius 2 is 2.08 bits per heavy atom. The maximum atomic E-state index is 12.3. The Hall–Kier alpha value is -2.55. The highest BCUT2D eigenvalue weighted by molar-refractivity contribution is 7.98. The number of hydrogen-bond donors (Lipinski definition) is 2. The van der Waals surface area contributed by atoms with E-state index in [-0.39, 0.29) is 18.9 Å². The van der Waals surface area contributed by atoms with E-state index in [2.05, 4.69) is 5.32 Å². The number of thioether (sulfide) groups is 1. The summed E-state index contributed by atoms with van der Waals surface area (Å²) < 4.78 is 5.10. The number of carbonyl (C=O) groups excluding carboxylic acids is 4. The highest BCUT2D eigenvalue weighted by Crippen LogP contribution is 2.28. The van der Waals surface area contributed by atoms with Gasteiger partial charge in [-0.3, -0.25) is 19.7 Å². The van der Waals surface area contributed by atoms with E-state index < -0.39 is 29.9 Å². The topological polar surface area (TPSA) is 105 Å². The molecule has 26 heavy (non-hydrogen) atoms. The van der Waals surface area contributed by atoms with Crippen molar-refractivity contribution in [3.63, 3.8) is 0 Å². The van der Waals surface area contributed by atoms with Crippen LogP contribution >= 0.6 is 11.8 Å². The SMILES string of the molecule is CNC(=O)NC(=O)[C@H](C)OC(=O)[C@@H]1CC(=O)N(c2cccc(SC)c2)C1. The standard InChI is InChI=1S/C17H21N3O5S/c1-10(15(22)19-17(24)18-2)25-16(23)11-7-14(21)20(9-11)12-5-4-6-13(8-12)26-3/h4-6,8,10-11H,7,9H2,1-3H3,(H2,18,19,22,24)/t10-,11+/m0/s1. The molecule has 140 valence electrons. The molecule has 0 aromatic heterocycles. The maximum absolute atomic E-state index is 12.3. The number of imide groups is 1. The van der Waals surface area contributed by atoms with Gasteiger partial charge < -0.3 is 15.0 Å². The molecule has 2 rings (SSSR count). The Bertz CT molecular complexity index is 724. The Balaban J connectivity index is 1.97. The molecule has 0 bridgehead atoms. The van der Waals surface area contributed by atoms with Crippen LogP contribution in [0.25, 0.3) is 0 Å². The van der Waals surface area contributed by atoms with Gasteiger partial charge in [0.15, 0.2) is 6.10 Å². The minimum Gasteiger partial charge on any atom is -0.452 e. The molecule has 1 aliphatic rings. The van der Waals surface area contributed by atoms with Crippen molar-refractivity contribution in [1.29, 1.82) is 0 Å². The lowest BCUT2D eigenvalue weighted by Gasteiger charge is -2.18. The molecule has 4 amide bonds. The van der Waals surface area contributed by atoms with Crippen molar-refractivity contribution in [1.82, 2.24) is 10.6 Å². The Labute approximate surface area is 155 Å². The number of ether oxygens (including phenoxy) is 1. The van der Waals surface area contributed by atoms with Gasteiger partial charge in [-0.2, -0.15) is 0 Å². The fourth-order valence-corrected chi connectivity index (χ4v) is 2.95. The molecule has 1 fully saturated rings. The number of esters is 1. The Kier molecular flexibility index (Phi) is 6.62. The molecule has 0 spiro atoms. The summed E-state index contributed by atoms with van der Waals surface area (Å²) in [5.41, 5.74) is 0.725. The number of carbonyl (C=O) groups is 4. The van der Waals surface area contributed by atoms with Crippen LogP contribution in [0.5, 0.6) is 0 Å². The van der Waals surface area contributed by atoms with Crippen LogP contribution in [0.3, 0.4) is 0 Å². The van der Waals surface area contributed by atoms with Gasteiger partial charge in [-0.25, -0.2) is 4.79 Å². The Morgan fingerprint density at radius 1 is 1.35 bits per heavy atom. The van der Waals surface area contributed by atoms with Crippen molar-refractivity contribution in [2.45, 2.75) is 24.3 Å². The largest absolute Gasteiger partial charge is 0.452 e. The van der Waals surface area contributed by atoms with Gasteiger partial charge in [-0.1, -0.05) is 6.07 Å². The second kappa shape index (κ2) is 8.70. The van der Waals surface area contributed by atoms with E-state index in [4.69, 9.17) is 4.74 Å². The quantitative estimate of drug-likeness (QED) is 0.587. The molecule has 8 nitrogen and oxygen atoms in total. The molecule has 0 unspecified atom stereocenters. The first kappa shape index (κ1) is 19.8. The molecule has 1 aromatic carbocycles. The predicted octanol–water partition coefficient (Wildman–Crippen LogP) is 1.15. The number of hydrogen-bond acceptors (Lipinski definition) is 6. The average molecular weight is 379 g/mol. The van der Waals surface area contributed by atoms with Crippen LogP contribution in [0.2, 0.25) is 0 Å². The third-order valence-electron chi connectivity index (χ3n) is 3.95. The summed E-state index contributed by atoms with van der Waals surface area (Å²) in [7, 11) is 1.37. The molecule has 2 N–H and O–H groups in total. The zero-order valence-corrected chi connectivity index (χ0v) is 15.6. The van der Waals surface area contributed by atoms with E-state index >= 15 is 0 Å². The molecule has 0 radical (unpaired) electrons. The third kappa shape index (κ3) is 4.75. The number of nitrogens with one attached hydrogen (secondary N) is 2. The van der Waals surface area contributed by atoms with Gasteiger partial charge >= 0.3 is 12.0 Å². The van der Waals surface area contributed by atoms with Crippen molar-refractivity contribution in [2.75, 3.05) is 24.7 Å². The molecule has 2 atom stereocenters. The number of nitrogens with zero attached hydrogens (tertiary/aromatic N) is 1. The van der Waals surface area contributed by atoms with Gasteiger partial charge in [0.1, 0.15) is 0 Å². The average Bonchev–Trinajstić information content (AvgIpc) is 3.03. The summed E-state index contributed by atoms with van der Waals surface area (Å²) in [4.78, 5) is 50.0. The molecule has 1 saturated heterocycles. The number of anilines is 1. The van der Waals surface area contributed by atoms with E-state index in [1.165, 1.54) is 14.0 Å². The molecule has 0 saturated carbocycles. The van der Waals surface area contributed by atoms with E-state index in [0.29, 0.717) is 0 Å². The minimum absolute atomic E-state index is 0.0200. The van der Waals surface area contributed by atoms with Crippen LogP contribution in [0.4, 0.5) is 10.5 Å². The van der Waals surface area contributed by atoms with Crippen LogP contribution in [-0.2, 0) is 19.1 Å². The fourth-order valence-electron chi connectivity index (χ4n) is 2.49. The molecule has 0 aliphatic carbocycles. The fraction of sp³-hybridized carbons (Fsp3) is 0.412. The van der Waals surface area contributed by atoms with Gasteiger partial charge in [0.05, 0.1) is 5.92 Å². The van der Waals surface area contributed by atoms with Crippen LogP contribution in [0, 0.1) is 5.92 Å². The van der Waals surface area contributed by atoms with Crippen molar-refractivity contribution < 1.29 is 23.9 Å². The van der Waals surface area contributed by atoms with Gasteiger partial charge in [-0.15, -0.1) is 11.8 Å². The third-order valence-corrected chi connectivity index (χ3v) is 4.67. The molecule has 1 aromatic rings. The van der Waals surface area contributed by atoms with Crippen molar-refractivity contribution in [2.24, 2.45) is 5.92 Å². The smallest absolute Gasteiger partial charge is 0.321 e. The normalized spacial score (nSPS) is 17.6. The van der Waals surface area contributed by atoms with E-state index in [1.807, 2.05) is 35.8 Å². The summed E-state index contributed by atoms with van der Waals surface area (Å²) >= 11 is 1.56. The number of amides is 4. The summed E-state index contributed by atoms with van der Waals surface area (Å²) in [5.74, 6) is -2.20. The summed E-state index contributed by atoms with van der Waals surface area (Å²) in [6, 6.07) is 6.80. The maximum Gasteiger partial charge on any atom is 0.321 e. The number of rotatable bonds is 5. The van der Waals surface area contributed by atoms with Crippen molar-refractivity contribution >= 4 is 41.3 Å². The van der Waals surface area contributed by atoms with Crippen LogP contribution < -0.4 is 15.5 Å². The lowest BCUT2D eigenvalue weighted by Crippen LogP contribution is -2.44. The first-order valence-corrected chi connectivity index (χ1v) is 9.25. The summed E-state index contributed by atoms with van der Waals surface area (Å²) in [6.45, 7) is 1.56. The zero-order chi connectivity index (χ0) is 19.3. The second-order valence-electron chi connectivity index (χ2n) is 5.75. The van der Waals surface area contributed by atoms with Gasteiger partial charge in [0.25, 0.3) is 5.91 Å². The monoisotopic (exact) mass is 379 g/mol. The molecular formula is C17H21N3O5S. The molecule has 1 aliphatic heterocycles. The predicted molar refractivity (Wildman–Crippen MR) is 96.8 cm³/mol. The number of urea groups is 1. The van der Waals surface area contributed by atoms with Gasteiger partial charge in [-0.05, 0) is 31.4 Å². The second-order valence-corrected chi connectivity index (χ2v) is 6.63. The number of benzene rings is 1. The summed E-state index contributed by atoms with van der Waals surface area (Å²) in [6.07, 6.45) is 0.825. The highest BCUT2D eigenvalue weighted by atomic mass is 32.2. The Morgan fingerprint density at radius 3 is 2.73 bits per heavy atom. The van der Waals surface area contributed by atoms with E-state index in [1.54, 1.807) is 16.7 Å². The summed E-state index contributed by atoms with van der Waals surface area (Å²) in [5, 5.41) is 4.27. The van der Waals surface area contributed by atoms with E-state index in [0.717, 1.165) is 10.6 Å². The highest BCUT2D eigenvalue weighted by Gasteiger charge is 2.37. The van der Waals surface area contributed by atoms with Gasteiger partial charge in [0, 0.05) is 30.6 Å². The lowest BCUT2D eigenvalue weighted by atomic mass is 10.1. The van der Waals surface area contributed by atoms with Crippen LogP contribution in [0.15, 0.2) is 29.2 Å². The van der Waals surface area contributed by atoms with Crippen LogP contribution in [-0.4, -0.2) is 49.8 Å². The van der Waals surface area contributed by atoms with Gasteiger partial charge in [0.2, 0.25) is 5.91 Å². The minimum atomic E-state index is -1.14. The van der Waals surface area contributed by atoms with Crippen molar-refractivity contribution in [3.05, 3.63) is 24.3 Å². The lowest BCUT2D eigenvalue weighted by molar-refractivity contribution is -0.158. The molecule has 9 heteroatoms.